The molecule has 1 fully saturated rings. The number of allylic oxidation sites excluding steroid dienone is 8. The fourth-order valence-corrected chi connectivity index (χ4v) is 5.60. The quantitative estimate of drug-likeness (QED) is 0.532. The van der Waals surface area contributed by atoms with E-state index in [0.29, 0.717) is 0 Å². The van der Waals surface area contributed by atoms with Crippen LogP contribution >= 0.6 is 0 Å². The van der Waals surface area contributed by atoms with E-state index in [2.05, 4.69) is 64.1 Å². The molecule has 0 amide bonds. The molecule has 1 heteroatoms. The maximum absolute atomic E-state index is 3.71. The molecule has 0 aliphatic heterocycles. The number of fused-ring (bicyclic) bond motifs is 3. The molecule has 5 aliphatic carbocycles. The van der Waals surface area contributed by atoms with Crippen LogP contribution in [0.4, 0.5) is 0 Å². The van der Waals surface area contributed by atoms with Gasteiger partial charge < -0.3 is 0 Å². The third-order valence-corrected chi connectivity index (χ3v) is 6.95. The third kappa shape index (κ3) is 3.06. The van der Waals surface area contributed by atoms with E-state index < -0.39 is 0 Å². The molecule has 0 heterocycles. The van der Waals surface area contributed by atoms with E-state index in [1.807, 2.05) is 0 Å². The predicted molar refractivity (Wildman–Crippen MR) is 110 cm³/mol. The summed E-state index contributed by atoms with van der Waals surface area (Å²) in [5.41, 5.74) is 12.2. The molecule has 0 radical (unpaired) electrons. The zero-order valence-corrected chi connectivity index (χ0v) is 17.6. The summed E-state index contributed by atoms with van der Waals surface area (Å²) in [6.45, 7) is 9.08. The molecule has 6 rings (SSSR count). The minimum absolute atomic E-state index is 0. The number of hydrogen-bond acceptors (Lipinski definition) is 0. The van der Waals surface area contributed by atoms with Gasteiger partial charge in [-0.15, -0.1) is 17.2 Å². The standard InChI is InChI=1S/C26H29.Li/c1-16-13-20-15-23-17-5-7-18(8-6-17)25(23)24(22(20)14-16)19-9-11-21(12-10-19)26(2,3)4;/h9-13,17-18H,5-8,15H2,1-4H3;/q-1;+1. The molecule has 2 bridgehead atoms. The zero-order chi connectivity index (χ0) is 18.1. The molecule has 0 saturated heterocycles. The molecule has 0 atom stereocenters. The Morgan fingerprint density at radius 1 is 0.926 bits per heavy atom. The largest absolute Gasteiger partial charge is 1.00 e. The summed E-state index contributed by atoms with van der Waals surface area (Å²) < 4.78 is 0. The molecule has 134 valence electrons. The van der Waals surface area contributed by atoms with Gasteiger partial charge in [-0.25, -0.2) is 0 Å². The van der Waals surface area contributed by atoms with E-state index in [0.717, 1.165) is 11.8 Å². The topological polar surface area (TPSA) is 0 Å². The smallest absolute Gasteiger partial charge is 0.169 e. The summed E-state index contributed by atoms with van der Waals surface area (Å²) in [5, 5.41) is 0. The van der Waals surface area contributed by atoms with Crippen LogP contribution in [0.5, 0.6) is 0 Å². The van der Waals surface area contributed by atoms with Crippen LogP contribution < -0.4 is 18.9 Å². The van der Waals surface area contributed by atoms with Crippen molar-refractivity contribution in [3.05, 3.63) is 75.4 Å². The predicted octanol–water partition coefficient (Wildman–Crippen LogP) is 3.95. The summed E-state index contributed by atoms with van der Waals surface area (Å²) in [6.07, 6.45) is 12.9. The first-order valence-corrected chi connectivity index (χ1v) is 10.3. The summed E-state index contributed by atoms with van der Waals surface area (Å²) in [6, 6.07) is 9.42. The second-order valence-electron chi connectivity index (χ2n) is 9.72. The van der Waals surface area contributed by atoms with E-state index in [1.54, 1.807) is 11.1 Å². The molecule has 27 heavy (non-hydrogen) atoms. The Morgan fingerprint density at radius 3 is 2.19 bits per heavy atom. The molecule has 0 N–H and O–H groups in total. The number of rotatable bonds is 1. The SMILES string of the molecule is CC1=[C-]C2=C(c3ccc(C(C)(C)C)cc3)C3=C(CC2=C1)C1CCC3CC1.[Li+]. The van der Waals surface area contributed by atoms with Crippen LogP contribution in [0.1, 0.15) is 70.9 Å². The van der Waals surface area contributed by atoms with Crippen molar-refractivity contribution in [3.63, 3.8) is 0 Å². The first-order valence-electron chi connectivity index (χ1n) is 10.3. The monoisotopic (exact) mass is 348 g/mol. The minimum Gasteiger partial charge on any atom is -0.169 e. The van der Waals surface area contributed by atoms with Gasteiger partial charge in [-0.1, -0.05) is 74.2 Å². The van der Waals surface area contributed by atoms with Gasteiger partial charge in [0.15, 0.2) is 0 Å². The van der Waals surface area contributed by atoms with Crippen molar-refractivity contribution >= 4 is 5.57 Å². The summed E-state index contributed by atoms with van der Waals surface area (Å²) in [5.74, 6) is 1.62. The van der Waals surface area contributed by atoms with Gasteiger partial charge in [-0.2, -0.15) is 11.6 Å². The summed E-state index contributed by atoms with van der Waals surface area (Å²) in [4.78, 5) is 0. The Bertz CT molecular complexity index is 889. The molecule has 5 aliphatic rings. The molecule has 0 unspecified atom stereocenters. The molecule has 1 saturated carbocycles. The molecule has 0 aromatic heterocycles. The molecule has 1 aromatic carbocycles. The minimum atomic E-state index is 0. The van der Waals surface area contributed by atoms with Gasteiger partial charge in [0.05, 0.1) is 0 Å². The van der Waals surface area contributed by atoms with Crippen molar-refractivity contribution in [1.29, 1.82) is 0 Å². The maximum atomic E-state index is 3.71. The summed E-state index contributed by atoms with van der Waals surface area (Å²) in [7, 11) is 0. The van der Waals surface area contributed by atoms with Crippen LogP contribution in [0.15, 0.2) is 58.2 Å². The Kier molecular flexibility index (Phi) is 4.73. The Morgan fingerprint density at radius 2 is 1.56 bits per heavy atom. The first-order chi connectivity index (χ1) is 12.4. The van der Waals surface area contributed by atoms with Gasteiger partial charge in [-0.3, -0.25) is 0 Å². The third-order valence-electron chi connectivity index (χ3n) is 6.95. The van der Waals surface area contributed by atoms with Crippen molar-refractivity contribution in [3.8, 4) is 0 Å². The average molecular weight is 348 g/mol. The maximum Gasteiger partial charge on any atom is 1.00 e. The van der Waals surface area contributed by atoms with Crippen molar-refractivity contribution in [2.75, 3.05) is 0 Å². The second kappa shape index (κ2) is 6.68. The zero-order valence-electron chi connectivity index (χ0n) is 17.6. The van der Waals surface area contributed by atoms with Crippen LogP contribution in [0.25, 0.3) is 5.57 Å². The van der Waals surface area contributed by atoms with Gasteiger partial charge in [0, 0.05) is 0 Å². The van der Waals surface area contributed by atoms with Gasteiger partial charge in [0.2, 0.25) is 0 Å². The fraction of sp³-hybridized carbons (Fsp3) is 0.462. The Labute approximate surface area is 176 Å². The molecule has 0 spiro atoms. The summed E-state index contributed by atoms with van der Waals surface area (Å²) >= 11 is 0. The Balaban J connectivity index is 0.00000180. The number of benzene rings is 1. The van der Waals surface area contributed by atoms with Crippen LogP contribution in [0.2, 0.25) is 0 Å². The molecule has 1 aromatic rings. The van der Waals surface area contributed by atoms with Gasteiger partial charge in [-0.05, 0) is 54.9 Å². The van der Waals surface area contributed by atoms with Gasteiger partial charge in [0.1, 0.15) is 0 Å². The molecular formula is C26H29Li. The van der Waals surface area contributed by atoms with E-state index in [4.69, 9.17) is 0 Å². The normalized spacial score (nSPS) is 26.4. The van der Waals surface area contributed by atoms with Crippen LogP contribution in [0, 0.1) is 17.9 Å². The van der Waals surface area contributed by atoms with E-state index in [-0.39, 0.29) is 24.3 Å². The van der Waals surface area contributed by atoms with Crippen molar-refractivity contribution in [1.82, 2.24) is 0 Å². The van der Waals surface area contributed by atoms with Crippen LogP contribution in [0.3, 0.4) is 0 Å². The van der Waals surface area contributed by atoms with Crippen LogP contribution in [-0.2, 0) is 5.41 Å². The Hall–Kier alpha value is -1.22. The van der Waals surface area contributed by atoms with E-state index >= 15 is 0 Å². The van der Waals surface area contributed by atoms with E-state index in [1.165, 1.54) is 65.5 Å². The van der Waals surface area contributed by atoms with Gasteiger partial charge in [0.25, 0.3) is 0 Å². The second-order valence-corrected chi connectivity index (χ2v) is 9.72. The van der Waals surface area contributed by atoms with Gasteiger partial charge >= 0.3 is 18.9 Å². The van der Waals surface area contributed by atoms with Crippen molar-refractivity contribution < 1.29 is 18.9 Å². The molecular weight excluding hydrogens is 319 g/mol. The van der Waals surface area contributed by atoms with E-state index in [9.17, 15) is 0 Å². The fourth-order valence-electron chi connectivity index (χ4n) is 5.60. The van der Waals surface area contributed by atoms with Crippen molar-refractivity contribution in [2.45, 2.75) is 65.2 Å². The number of hydrogen-bond donors (Lipinski definition) is 0. The van der Waals surface area contributed by atoms with Crippen molar-refractivity contribution in [2.24, 2.45) is 11.8 Å². The molecule has 0 nitrogen and oxygen atoms in total. The van der Waals surface area contributed by atoms with Crippen LogP contribution in [-0.4, -0.2) is 0 Å². The first kappa shape index (κ1) is 19.1. The average Bonchev–Trinajstić information content (AvgIpc) is 3.00.